The molecule has 0 saturated carbocycles. The van der Waals surface area contributed by atoms with Crippen LogP contribution in [0.4, 0.5) is 5.69 Å². The summed E-state index contributed by atoms with van der Waals surface area (Å²) in [5.74, 6) is 0. The summed E-state index contributed by atoms with van der Waals surface area (Å²) in [5.41, 5.74) is 3.52. The molecule has 0 amide bonds. The van der Waals surface area contributed by atoms with Crippen LogP contribution in [-0.2, 0) is 0 Å². The Balaban J connectivity index is 1.86. The standard InChI is InChI=1S/C19H19N/c1-17(14-15-18-10-4-2-5-11-18)9-8-16-20-19-12-6-3-7-13-19/h2-16,20H,1H3/b15-14-,16-8+,17-9-. The Hall–Kier alpha value is -2.54. The third-order valence-corrected chi connectivity index (χ3v) is 2.82. The van der Waals surface area contributed by atoms with E-state index in [4.69, 9.17) is 0 Å². The largest absolute Gasteiger partial charge is 0.362 e. The molecule has 0 aliphatic heterocycles. The van der Waals surface area contributed by atoms with Gasteiger partial charge in [0.15, 0.2) is 0 Å². The second-order valence-corrected chi connectivity index (χ2v) is 4.52. The molecule has 1 heteroatoms. The molecule has 0 saturated heterocycles. The number of para-hydroxylation sites is 1. The first-order chi connectivity index (χ1) is 9.84. The molecule has 2 rings (SSSR count). The monoisotopic (exact) mass is 261 g/mol. The highest BCUT2D eigenvalue weighted by Gasteiger charge is 1.84. The van der Waals surface area contributed by atoms with Gasteiger partial charge in [-0.1, -0.05) is 72.3 Å². The number of allylic oxidation sites excluding steroid dienone is 4. The fourth-order valence-corrected chi connectivity index (χ4v) is 1.73. The van der Waals surface area contributed by atoms with E-state index >= 15 is 0 Å². The van der Waals surface area contributed by atoms with E-state index < -0.39 is 0 Å². The first-order valence-corrected chi connectivity index (χ1v) is 6.73. The summed E-state index contributed by atoms with van der Waals surface area (Å²) in [6, 6.07) is 20.4. The molecule has 0 radical (unpaired) electrons. The molecule has 2 aromatic rings. The molecule has 1 N–H and O–H groups in total. The maximum absolute atomic E-state index is 3.22. The zero-order valence-electron chi connectivity index (χ0n) is 11.7. The van der Waals surface area contributed by atoms with Crippen molar-refractivity contribution in [3.8, 4) is 0 Å². The first-order valence-electron chi connectivity index (χ1n) is 6.73. The number of rotatable bonds is 5. The van der Waals surface area contributed by atoms with Crippen LogP contribution in [0.15, 0.2) is 90.7 Å². The quantitative estimate of drug-likeness (QED) is 0.723. The molecule has 0 heterocycles. The van der Waals surface area contributed by atoms with E-state index in [0.717, 1.165) is 5.69 Å². The molecule has 0 unspecified atom stereocenters. The van der Waals surface area contributed by atoms with Crippen LogP contribution < -0.4 is 5.32 Å². The zero-order chi connectivity index (χ0) is 14.0. The van der Waals surface area contributed by atoms with Gasteiger partial charge in [-0.3, -0.25) is 0 Å². The van der Waals surface area contributed by atoms with Gasteiger partial charge in [-0.25, -0.2) is 0 Å². The van der Waals surface area contributed by atoms with Gasteiger partial charge in [0, 0.05) is 11.9 Å². The van der Waals surface area contributed by atoms with Crippen molar-refractivity contribution in [2.75, 3.05) is 5.32 Å². The van der Waals surface area contributed by atoms with Gasteiger partial charge in [0.2, 0.25) is 0 Å². The molecule has 1 nitrogen and oxygen atoms in total. The number of hydrogen-bond donors (Lipinski definition) is 1. The van der Waals surface area contributed by atoms with Crippen molar-refractivity contribution in [2.45, 2.75) is 6.92 Å². The van der Waals surface area contributed by atoms with Gasteiger partial charge < -0.3 is 5.32 Å². The number of nitrogens with one attached hydrogen (secondary N) is 1. The van der Waals surface area contributed by atoms with Crippen LogP contribution in [0.5, 0.6) is 0 Å². The van der Waals surface area contributed by atoms with E-state index in [9.17, 15) is 0 Å². The molecule has 0 atom stereocenters. The number of hydrogen-bond acceptors (Lipinski definition) is 1. The molecule has 2 aromatic carbocycles. The topological polar surface area (TPSA) is 12.0 Å². The molecular weight excluding hydrogens is 242 g/mol. The van der Waals surface area contributed by atoms with Crippen molar-refractivity contribution < 1.29 is 0 Å². The minimum absolute atomic E-state index is 1.09. The average molecular weight is 261 g/mol. The lowest BCUT2D eigenvalue weighted by Gasteiger charge is -1.97. The van der Waals surface area contributed by atoms with Crippen LogP contribution in [0.25, 0.3) is 6.08 Å². The highest BCUT2D eigenvalue weighted by atomic mass is 14.8. The summed E-state index contributed by atoms with van der Waals surface area (Å²) in [4.78, 5) is 0. The van der Waals surface area contributed by atoms with Crippen LogP contribution in [-0.4, -0.2) is 0 Å². The summed E-state index contributed by atoms with van der Waals surface area (Å²) < 4.78 is 0. The minimum atomic E-state index is 1.09. The molecular formula is C19H19N. The normalized spacial score (nSPS) is 12.2. The van der Waals surface area contributed by atoms with Gasteiger partial charge in [-0.05, 0) is 30.7 Å². The average Bonchev–Trinajstić information content (AvgIpc) is 2.52. The summed E-state index contributed by atoms with van der Waals surface area (Å²) >= 11 is 0. The van der Waals surface area contributed by atoms with E-state index in [2.05, 4.69) is 42.6 Å². The van der Waals surface area contributed by atoms with E-state index in [0.29, 0.717) is 0 Å². The van der Waals surface area contributed by atoms with E-state index in [1.807, 2.05) is 60.8 Å². The Morgan fingerprint density at radius 1 is 0.900 bits per heavy atom. The lowest BCUT2D eigenvalue weighted by molar-refractivity contribution is 1.52. The Labute approximate surface area is 121 Å². The molecule has 0 aliphatic carbocycles. The summed E-state index contributed by atoms with van der Waals surface area (Å²) in [6.45, 7) is 2.09. The van der Waals surface area contributed by atoms with Gasteiger partial charge in [0.05, 0.1) is 0 Å². The lowest BCUT2D eigenvalue weighted by atomic mass is 10.1. The van der Waals surface area contributed by atoms with Crippen molar-refractivity contribution >= 4 is 11.8 Å². The van der Waals surface area contributed by atoms with Gasteiger partial charge in [-0.2, -0.15) is 0 Å². The van der Waals surface area contributed by atoms with E-state index in [1.165, 1.54) is 11.1 Å². The molecule has 20 heavy (non-hydrogen) atoms. The summed E-state index contributed by atoms with van der Waals surface area (Å²) in [6.07, 6.45) is 10.3. The third kappa shape index (κ3) is 4.99. The Bertz CT molecular complexity index is 592. The zero-order valence-corrected chi connectivity index (χ0v) is 11.7. The first kappa shape index (κ1) is 13.9. The summed E-state index contributed by atoms with van der Waals surface area (Å²) in [7, 11) is 0. The van der Waals surface area contributed by atoms with Crippen molar-refractivity contribution in [2.24, 2.45) is 0 Å². The van der Waals surface area contributed by atoms with Crippen molar-refractivity contribution in [1.82, 2.24) is 0 Å². The van der Waals surface area contributed by atoms with Gasteiger partial charge in [0.1, 0.15) is 0 Å². The maximum Gasteiger partial charge on any atom is 0.0379 e. The van der Waals surface area contributed by atoms with Crippen LogP contribution in [0, 0.1) is 0 Å². The van der Waals surface area contributed by atoms with Crippen LogP contribution in [0.3, 0.4) is 0 Å². The van der Waals surface area contributed by atoms with Crippen molar-refractivity contribution in [3.05, 3.63) is 96.2 Å². The fraction of sp³-hybridized carbons (Fsp3) is 0.0526. The molecule has 0 spiro atoms. The molecule has 0 aromatic heterocycles. The Kier molecular flexibility index (Phi) is 5.41. The van der Waals surface area contributed by atoms with Gasteiger partial charge in [-0.15, -0.1) is 0 Å². The van der Waals surface area contributed by atoms with E-state index in [-0.39, 0.29) is 0 Å². The second-order valence-electron chi connectivity index (χ2n) is 4.52. The van der Waals surface area contributed by atoms with Gasteiger partial charge >= 0.3 is 0 Å². The fourth-order valence-electron chi connectivity index (χ4n) is 1.73. The number of anilines is 1. The van der Waals surface area contributed by atoms with Crippen LogP contribution in [0.2, 0.25) is 0 Å². The van der Waals surface area contributed by atoms with E-state index in [1.54, 1.807) is 0 Å². The smallest absolute Gasteiger partial charge is 0.0379 e. The third-order valence-electron chi connectivity index (χ3n) is 2.82. The Morgan fingerprint density at radius 3 is 2.25 bits per heavy atom. The molecule has 0 fully saturated rings. The second kappa shape index (κ2) is 7.80. The Morgan fingerprint density at radius 2 is 1.55 bits per heavy atom. The maximum atomic E-state index is 3.22. The number of benzene rings is 2. The highest BCUT2D eigenvalue weighted by molar-refractivity contribution is 5.52. The SMILES string of the molecule is CC(/C=C\c1ccccc1)=C/C=C/Nc1ccccc1. The predicted molar refractivity (Wildman–Crippen MR) is 88.4 cm³/mol. The minimum Gasteiger partial charge on any atom is -0.362 e. The molecule has 0 bridgehead atoms. The molecule has 100 valence electrons. The molecule has 0 aliphatic rings. The lowest BCUT2D eigenvalue weighted by Crippen LogP contribution is -1.84. The van der Waals surface area contributed by atoms with Gasteiger partial charge in [0.25, 0.3) is 0 Å². The van der Waals surface area contributed by atoms with Crippen molar-refractivity contribution in [3.63, 3.8) is 0 Å². The van der Waals surface area contributed by atoms with Crippen LogP contribution in [0.1, 0.15) is 12.5 Å². The highest BCUT2D eigenvalue weighted by Crippen LogP contribution is 2.06. The van der Waals surface area contributed by atoms with Crippen molar-refractivity contribution in [1.29, 1.82) is 0 Å². The summed E-state index contributed by atoms with van der Waals surface area (Å²) in [5, 5.41) is 3.22. The van der Waals surface area contributed by atoms with Crippen LogP contribution >= 0.6 is 0 Å². The predicted octanol–water partition coefficient (Wildman–Crippen LogP) is 5.27.